The third-order valence-corrected chi connectivity index (χ3v) is 12.7. The number of carbonyl (C=O) groups is 5. The second kappa shape index (κ2) is 19.3. The summed E-state index contributed by atoms with van der Waals surface area (Å²) in [6, 6.07) is 12.3. The number of imide groups is 2. The van der Waals surface area contributed by atoms with Crippen LogP contribution in [0.15, 0.2) is 67.1 Å². The minimum Gasteiger partial charge on any atom is -0.385 e. The normalized spacial score (nSPS) is 18.6. The van der Waals surface area contributed by atoms with Crippen LogP contribution in [0.2, 0.25) is 0 Å². The van der Waals surface area contributed by atoms with Crippen LogP contribution in [0.3, 0.4) is 0 Å². The lowest BCUT2D eigenvalue weighted by molar-refractivity contribution is -0.136. The zero-order chi connectivity index (χ0) is 45.0. The minimum atomic E-state index is -1.00. The van der Waals surface area contributed by atoms with Gasteiger partial charge in [0.1, 0.15) is 17.7 Å². The number of rotatable bonds is 15. The fourth-order valence-electron chi connectivity index (χ4n) is 9.04. The molecular formula is C47H50F2N10O6. The Morgan fingerprint density at radius 1 is 0.815 bits per heavy atom. The van der Waals surface area contributed by atoms with Crippen LogP contribution in [0.4, 0.5) is 14.5 Å². The lowest BCUT2D eigenvalue weighted by Crippen LogP contribution is -2.54. The molecule has 338 valence electrons. The number of likely N-dealkylation sites (tertiary alicyclic amines) is 1. The van der Waals surface area contributed by atoms with Gasteiger partial charge in [0.05, 0.1) is 66.0 Å². The number of piperidine rings is 2. The Kier molecular flexibility index (Phi) is 13.0. The average molecular weight is 889 g/mol. The van der Waals surface area contributed by atoms with E-state index in [9.17, 15) is 24.0 Å². The van der Waals surface area contributed by atoms with E-state index in [0.29, 0.717) is 79.5 Å². The van der Waals surface area contributed by atoms with Crippen molar-refractivity contribution in [2.75, 3.05) is 64.3 Å². The molecule has 0 spiro atoms. The number of aromatic nitrogens is 4. The molecule has 16 nitrogen and oxygen atoms in total. The molecule has 3 N–H and O–H groups in total. The molecule has 3 fully saturated rings. The minimum absolute atomic E-state index is 0.0182. The van der Waals surface area contributed by atoms with Gasteiger partial charge in [-0.3, -0.25) is 53.7 Å². The van der Waals surface area contributed by atoms with Crippen molar-refractivity contribution in [1.29, 1.82) is 0 Å². The standard InChI is InChI=1S/C47H50F2N10O6/c48-37-21-29(22-38(49)36(37)27-57-17-19-65-20-18-57)33-5-4-6-39-44(33)54-40(25-52-39)30-24-53-58(26-30)32-11-15-56(16-12-32)28-43(61)51-14-3-1-2-13-50-31-7-8-34-35(23-31)47(64)59(46(34)63)41-9-10-42(60)55-45(41)62/h4-8,21-26,32,41,50H,1-3,9-20,27-28H2,(H,51,61)(H,55,60,62). The van der Waals surface area contributed by atoms with Crippen LogP contribution in [0, 0.1) is 11.6 Å². The number of ether oxygens (including phenoxy) is 1. The van der Waals surface area contributed by atoms with Crippen molar-refractivity contribution in [3.8, 4) is 22.4 Å². The van der Waals surface area contributed by atoms with Crippen molar-refractivity contribution in [2.24, 2.45) is 0 Å². The van der Waals surface area contributed by atoms with Gasteiger partial charge in [-0.05, 0) is 80.5 Å². The summed E-state index contributed by atoms with van der Waals surface area (Å²) in [6.45, 7) is 5.51. The highest BCUT2D eigenvalue weighted by molar-refractivity contribution is 6.23. The zero-order valence-corrected chi connectivity index (χ0v) is 35.9. The van der Waals surface area contributed by atoms with Gasteiger partial charge in [0.25, 0.3) is 11.8 Å². The number of morpholine rings is 1. The number of benzene rings is 3. The van der Waals surface area contributed by atoms with E-state index in [1.54, 1.807) is 42.7 Å². The predicted octanol–water partition coefficient (Wildman–Crippen LogP) is 4.71. The number of nitrogens with one attached hydrogen (secondary N) is 3. The lowest BCUT2D eigenvalue weighted by Gasteiger charge is -2.31. The molecule has 4 aliphatic heterocycles. The van der Waals surface area contributed by atoms with Gasteiger partial charge in [0.2, 0.25) is 17.7 Å². The summed E-state index contributed by atoms with van der Waals surface area (Å²) in [5.41, 5.74) is 4.70. The fraction of sp³-hybridized carbons (Fsp3) is 0.404. The van der Waals surface area contributed by atoms with E-state index in [0.717, 1.165) is 55.7 Å². The number of anilines is 1. The Hall–Kier alpha value is -6.50. The van der Waals surface area contributed by atoms with Crippen LogP contribution in [-0.2, 0) is 25.7 Å². The van der Waals surface area contributed by atoms with Gasteiger partial charge in [-0.1, -0.05) is 12.1 Å². The molecular weight excluding hydrogens is 839 g/mol. The van der Waals surface area contributed by atoms with E-state index in [1.807, 2.05) is 21.8 Å². The summed E-state index contributed by atoms with van der Waals surface area (Å²) in [6.07, 6.45) is 9.70. The topological polar surface area (TPSA) is 184 Å². The number of hydrogen-bond donors (Lipinski definition) is 3. The van der Waals surface area contributed by atoms with Crippen LogP contribution in [0.1, 0.15) is 77.3 Å². The van der Waals surface area contributed by atoms with E-state index in [4.69, 9.17) is 9.72 Å². The molecule has 9 rings (SSSR count). The number of hydrogen-bond acceptors (Lipinski definition) is 12. The van der Waals surface area contributed by atoms with Gasteiger partial charge in [-0.2, -0.15) is 5.10 Å². The van der Waals surface area contributed by atoms with Gasteiger partial charge in [-0.25, -0.2) is 13.8 Å². The van der Waals surface area contributed by atoms with E-state index >= 15 is 8.78 Å². The molecule has 0 saturated carbocycles. The van der Waals surface area contributed by atoms with Crippen LogP contribution in [0.25, 0.3) is 33.4 Å². The first kappa shape index (κ1) is 43.7. The summed E-state index contributed by atoms with van der Waals surface area (Å²) >= 11 is 0. The summed E-state index contributed by atoms with van der Waals surface area (Å²) in [5.74, 6) is -3.35. The first-order chi connectivity index (χ1) is 31.6. The monoisotopic (exact) mass is 888 g/mol. The summed E-state index contributed by atoms with van der Waals surface area (Å²) in [7, 11) is 0. The molecule has 6 heterocycles. The van der Waals surface area contributed by atoms with Gasteiger partial charge in [0.15, 0.2) is 0 Å². The molecule has 18 heteroatoms. The molecule has 2 aromatic heterocycles. The fourth-order valence-corrected chi connectivity index (χ4v) is 9.04. The molecule has 4 aliphatic rings. The molecule has 1 atom stereocenters. The van der Waals surface area contributed by atoms with Crippen LogP contribution in [0.5, 0.6) is 0 Å². The Morgan fingerprint density at radius 2 is 1.58 bits per heavy atom. The van der Waals surface area contributed by atoms with Crippen molar-refractivity contribution in [1.82, 2.24) is 45.1 Å². The highest BCUT2D eigenvalue weighted by atomic mass is 19.1. The van der Waals surface area contributed by atoms with Gasteiger partial charge in [0, 0.05) is 80.8 Å². The van der Waals surface area contributed by atoms with Crippen LogP contribution in [-0.4, -0.2) is 129 Å². The third kappa shape index (κ3) is 9.65. The number of nitrogens with zero attached hydrogens (tertiary/aromatic N) is 7. The van der Waals surface area contributed by atoms with Gasteiger partial charge >= 0.3 is 0 Å². The first-order valence-electron chi connectivity index (χ1n) is 22.3. The molecule has 3 saturated heterocycles. The molecule has 0 aliphatic carbocycles. The molecule has 65 heavy (non-hydrogen) atoms. The van der Waals surface area contributed by atoms with E-state index in [-0.39, 0.29) is 48.0 Å². The third-order valence-electron chi connectivity index (χ3n) is 12.7. The SMILES string of the molecule is O=C(CN1CCC(n2cc(-c3cnc4cccc(-c5cc(F)c(CN6CCOCC6)c(F)c5)c4n3)cn2)CC1)NCCCCCNc1ccc2c(c1)C(=O)N(C1CCC(=O)NC1=O)C2=O. The Balaban J connectivity index is 0.704. The Morgan fingerprint density at radius 3 is 2.37 bits per heavy atom. The number of carbonyl (C=O) groups excluding carboxylic acids is 5. The maximum absolute atomic E-state index is 15.4. The molecule has 3 aromatic carbocycles. The van der Waals surface area contributed by atoms with Crippen molar-refractivity contribution < 1.29 is 37.5 Å². The highest BCUT2D eigenvalue weighted by Crippen LogP contribution is 2.33. The number of halogens is 2. The number of para-hydroxylation sites is 1. The molecule has 1 unspecified atom stereocenters. The summed E-state index contributed by atoms with van der Waals surface area (Å²) in [4.78, 5) is 77.4. The zero-order valence-electron chi connectivity index (χ0n) is 35.9. The molecule has 0 bridgehead atoms. The van der Waals surface area contributed by atoms with E-state index < -0.39 is 41.3 Å². The highest BCUT2D eigenvalue weighted by Gasteiger charge is 2.44. The van der Waals surface area contributed by atoms with Crippen LogP contribution < -0.4 is 16.0 Å². The summed E-state index contributed by atoms with van der Waals surface area (Å²) < 4.78 is 38.1. The smallest absolute Gasteiger partial charge is 0.262 e. The number of unbranched alkanes of at least 4 members (excludes halogenated alkanes) is 2. The van der Waals surface area contributed by atoms with Gasteiger partial charge in [-0.15, -0.1) is 0 Å². The van der Waals surface area contributed by atoms with E-state index in [1.165, 1.54) is 12.1 Å². The van der Waals surface area contributed by atoms with Gasteiger partial charge < -0.3 is 15.4 Å². The maximum Gasteiger partial charge on any atom is 0.262 e. The maximum atomic E-state index is 15.4. The molecule has 0 radical (unpaired) electrons. The number of amides is 5. The first-order valence-corrected chi connectivity index (χ1v) is 22.3. The number of fused-ring (bicyclic) bond motifs is 2. The predicted molar refractivity (Wildman–Crippen MR) is 235 cm³/mol. The van der Waals surface area contributed by atoms with Crippen molar-refractivity contribution in [3.05, 3.63) is 95.4 Å². The second-order valence-electron chi connectivity index (χ2n) is 17.0. The Bertz CT molecular complexity index is 2620. The molecule has 5 aromatic rings. The van der Waals surface area contributed by atoms with Crippen molar-refractivity contribution >= 4 is 46.3 Å². The second-order valence-corrected chi connectivity index (χ2v) is 17.0. The van der Waals surface area contributed by atoms with Crippen LogP contribution >= 0.6 is 0 Å². The average Bonchev–Trinajstić information content (AvgIpc) is 3.90. The van der Waals surface area contributed by atoms with Crippen molar-refractivity contribution in [3.63, 3.8) is 0 Å². The lowest BCUT2D eigenvalue weighted by atomic mass is 10.0. The summed E-state index contributed by atoms with van der Waals surface area (Å²) in [5, 5.41) is 13.2. The van der Waals surface area contributed by atoms with Crippen molar-refractivity contribution in [2.45, 2.75) is 63.6 Å². The molecule has 5 amide bonds. The Labute approximate surface area is 373 Å². The van der Waals surface area contributed by atoms with E-state index in [2.05, 4.69) is 30.9 Å². The quantitative estimate of drug-likeness (QED) is 0.0975. The largest absolute Gasteiger partial charge is 0.385 e.